The summed E-state index contributed by atoms with van der Waals surface area (Å²) in [7, 11) is 1.65. The molecule has 0 radical (unpaired) electrons. The van der Waals surface area contributed by atoms with Gasteiger partial charge in [-0.25, -0.2) is 4.79 Å². The second-order valence-corrected chi connectivity index (χ2v) is 4.93. The second kappa shape index (κ2) is 7.50. The molecule has 0 saturated carbocycles. The van der Waals surface area contributed by atoms with E-state index in [1.54, 1.807) is 38.2 Å². The SMILES string of the molecule is CCOC(=O)c1cnn(C)c1NC(=S)NC(=O)c1ccccc1. The lowest BCUT2D eigenvalue weighted by molar-refractivity contribution is 0.0527. The highest BCUT2D eigenvalue weighted by atomic mass is 32.1. The Balaban J connectivity index is 2.07. The maximum atomic E-state index is 12.0. The van der Waals surface area contributed by atoms with Crippen molar-refractivity contribution in [3.05, 3.63) is 47.7 Å². The number of aromatic nitrogens is 2. The number of anilines is 1. The normalized spacial score (nSPS) is 10.0. The number of nitrogens with one attached hydrogen (secondary N) is 2. The minimum atomic E-state index is -0.514. The topological polar surface area (TPSA) is 85.2 Å². The van der Waals surface area contributed by atoms with Gasteiger partial charge in [0, 0.05) is 12.6 Å². The van der Waals surface area contributed by atoms with E-state index in [1.165, 1.54) is 10.9 Å². The number of hydrogen-bond donors (Lipinski definition) is 2. The number of rotatable bonds is 4. The number of carbonyl (C=O) groups is 2. The maximum Gasteiger partial charge on any atom is 0.343 e. The summed E-state index contributed by atoms with van der Waals surface area (Å²) in [4.78, 5) is 23.9. The van der Waals surface area contributed by atoms with Crippen LogP contribution in [-0.4, -0.2) is 33.4 Å². The van der Waals surface area contributed by atoms with Gasteiger partial charge in [-0.1, -0.05) is 18.2 Å². The van der Waals surface area contributed by atoms with Crippen molar-refractivity contribution in [2.24, 2.45) is 7.05 Å². The molecule has 1 amide bonds. The molecule has 2 N–H and O–H groups in total. The summed E-state index contributed by atoms with van der Waals surface area (Å²) in [6.07, 6.45) is 1.38. The zero-order valence-electron chi connectivity index (χ0n) is 12.7. The van der Waals surface area contributed by atoms with Crippen LogP contribution in [0.4, 0.5) is 5.82 Å². The number of nitrogens with zero attached hydrogens (tertiary/aromatic N) is 2. The Labute approximate surface area is 138 Å². The van der Waals surface area contributed by atoms with Crippen molar-refractivity contribution in [2.45, 2.75) is 6.92 Å². The first-order chi connectivity index (χ1) is 11.0. The highest BCUT2D eigenvalue weighted by Gasteiger charge is 2.18. The lowest BCUT2D eigenvalue weighted by Gasteiger charge is -2.11. The highest BCUT2D eigenvalue weighted by Crippen LogP contribution is 2.15. The average Bonchev–Trinajstić information content (AvgIpc) is 2.89. The molecule has 1 heterocycles. The fraction of sp³-hybridized carbons (Fsp3) is 0.200. The minimum Gasteiger partial charge on any atom is -0.462 e. The quantitative estimate of drug-likeness (QED) is 0.655. The van der Waals surface area contributed by atoms with E-state index >= 15 is 0 Å². The molecule has 0 bridgehead atoms. The number of thiocarbonyl (C=S) groups is 1. The van der Waals surface area contributed by atoms with Gasteiger partial charge in [-0.2, -0.15) is 5.10 Å². The summed E-state index contributed by atoms with van der Waals surface area (Å²) in [5, 5.41) is 9.40. The molecule has 7 nitrogen and oxygen atoms in total. The van der Waals surface area contributed by atoms with E-state index < -0.39 is 5.97 Å². The van der Waals surface area contributed by atoms with Crippen LogP contribution in [0.25, 0.3) is 0 Å². The number of aryl methyl sites for hydroxylation is 1. The maximum absolute atomic E-state index is 12.0. The van der Waals surface area contributed by atoms with E-state index in [1.807, 2.05) is 6.07 Å². The third-order valence-electron chi connectivity index (χ3n) is 2.93. The molecule has 0 aliphatic heterocycles. The van der Waals surface area contributed by atoms with Crippen molar-refractivity contribution in [2.75, 3.05) is 11.9 Å². The first-order valence-corrected chi connectivity index (χ1v) is 7.30. The van der Waals surface area contributed by atoms with E-state index in [2.05, 4.69) is 15.7 Å². The third-order valence-corrected chi connectivity index (χ3v) is 3.13. The molecular formula is C15H16N4O3S. The van der Waals surface area contributed by atoms with Gasteiger partial charge in [0.2, 0.25) is 0 Å². The molecule has 0 unspecified atom stereocenters. The Morgan fingerprint density at radius 2 is 2.00 bits per heavy atom. The number of esters is 1. The smallest absolute Gasteiger partial charge is 0.343 e. The molecule has 8 heteroatoms. The van der Waals surface area contributed by atoms with Crippen LogP contribution in [0, 0.1) is 0 Å². The third kappa shape index (κ3) is 4.13. The molecule has 2 rings (SSSR count). The molecule has 0 atom stereocenters. The molecule has 0 spiro atoms. The Morgan fingerprint density at radius 1 is 1.30 bits per heavy atom. The number of benzene rings is 1. The van der Waals surface area contributed by atoms with Crippen LogP contribution in [0.3, 0.4) is 0 Å². The summed E-state index contributed by atoms with van der Waals surface area (Å²) in [6.45, 7) is 1.97. The van der Waals surface area contributed by atoms with E-state index in [9.17, 15) is 9.59 Å². The van der Waals surface area contributed by atoms with Crippen LogP contribution in [-0.2, 0) is 11.8 Å². The second-order valence-electron chi connectivity index (χ2n) is 4.53. The van der Waals surface area contributed by atoms with E-state index in [0.29, 0.717) is 11.4 Å². The summed E-state index contributed by atoms with van der Waals surface area (Å²) in [5.41, 5.74) is 0.720. The van der Waals surface area contributed by atoms with Crippen LogP contribution < -0.4 is 10.6 Å². The van der Waals surface area contributed by atoms with Crippen LogP contribution >= 0.6 is 12.2 Å². The molecule has 0 saturated heterocycles. The summed E-state index contributed by atoms with van der Waals surface area (Å²) in [5.74, 6) is -0.509. The van der Waals surface area contributed by atoms with Crippen molar-refractivity contribution in [1.82, 2.24) is 15.1 Å². The minimum absolute atomic E-state index is 0.0630. The molecule has 1 aromatic heterocycles. The molecule has 0 aliphatic rings. The first kappa shape index (κ1) is 16.6. The van der Waals surface area contributed by atoms with Crippen molar-refractivity contribution in [1.29, 1.82) is 0 Å². The fourth-order valence-corrected chi connectivity index (χ4v) is 2.04. The van der Waals surface area contributed by atoms with Gasteiger partial charge in [0.25, 0.3) is 5.91 Å². The highest BCUT2D eigenvalue weighted by molar-refractivity contribution is 7.80. The van der Waals surface area contributed by atoms with Gasteiger partial charge in [0.05, 0.1) is 12.8 Å². The van der Waals surface area contributed by atoms with Crippen molar-refractivity contribution >= 4 is 35.0 Å². The molecule has 120 valence electrons. The summed E-state index contributed by atoms with van der Waals surface area (Å²) < 4.78 is 6.39. The molecule has 0 fully saturated rings. The number of ether oxygens (including phenoxy) is 1. The van der Waals surface area contributed by atoms with Crippen LogP contribution in [0.1, 0.15) is 27.6 Å². The monoisotopic (exact) mass is 332 g/mol. The number of carbonyl (C=O) groups excluding carboxylic acids is 2. The molecular weight excluding hydrogens is 316 g/mol. The van der Waals surface area contributed by atoms with Crippen LogP contribution in [0.5, 0.6) is 0 Å². The Morgan fingerprint density at radius 3 is 2.65 bits per heavy atom. The Bertz CT molecular complexity index is 728. The zero-order chi connectivity index (χ0) is 16.8. The van der Waals surface area contributed by atoms with E-state index in [4.69, 9.17) is 17.0 Å². The molecule has 0 aliphatic carbocycles. The van der Waals surface area contributed by atoms with Crippen molar-refractivity contribution in [3.8, 4) is 0 Å². The van der Waals surface area contributed by atoms with E-state index in [0.717, 1.165) is 0 Å². The first-order valence-electron chi connectivity index (χ1n) is 6.89. The summed E-state index contributed by atoms with van der Waals surface area (Å²) in [6, 6.07) is 8.67. The Hall–Kier alpha value is -2.74. The molecule has 2 aromatic rings. The van der Waals surface area contributed by atoms with Gasteiger partial charge in [-0.15, -0.1) is 0 Å². The number of amides is 1. The standard InChI is InChI=1S/C15H16N4O3S/c1-3-22-14(21)11-9-16-19(2)12(11)17-15(23)18-13(20)10-7-5-4-6-8-10/h4-9H,3H2,1-2H3,(H2,17,18,20,23). The van der Waals surface area contributed by atoms with Crippen LogP contribution in [0.2, 0.25) is 0 Å². The fourth-order valence-electron chi connectivity index (χ4n) is 1.85. The lowest BCUT2D eigenvalue weighted by atomic mass is 10.2. The lowest BCUT2D eigenvalue weighted by Crippen LogP contribution is -2.35. The largest absolute Gasteiger partial charge is 0.462 e. The van der Waals surface area contributed by atoms with Gasteiger partial charge >= 0.3 is 5.97 Å². The van der Waals surface area contributed by atoms with Gasteiger partial charge < -0.3 is 10.1 Å². The van der Waals surface area contributed by atoms with Gasteiger partial charge in [-0.05, 0) is 31.3 Å². The van der Waals surface area contributed by atoms with Gasteiger partial charge in [0.1, 0.15) is 11.4 Å². The van der Waals surface area contributed by atoms with Gasteiger partial charge in [-0.3, -0.25) is 14.8 Å². The van der Waals surface area contributed by atoms with Gasteiger partial charge in [0.15, 0.2) is 5.11 Å². The molecule has 1 aromatic carbocycles. The van der Waals surface area contributed by atoms with Crippen molar-refractivity contribution < 1.29 is 14.3 Å². The zero-order valence-corrected chi connectivity index (χ0v) is 13.5. The van der Waals surface area contributed by atoms with Crippen LogP contribution in [0.15, 0.2) is 36.5 Å². The predicted molar refractivity (Wildman–Crippen MR) is 89.3 cm³/mol. The average molecular weight is 332 g/mol. The Kier molecular flexibility index (Phi) is 5.42. The molecule has 23 heavy (non-hydrogen) atoms. The van der Waals surface area contributed by atoms with Crippen molar-refractivity contribution in [3.63, 3.8) is 0 Å². The predicted octanol–water partition coefficient (Wildman–Crippen LogP) is 1.72. The van der Waals surface area contributed by atoms with E-state index in [-0.39, 0.29) is 23.2 Å². The summed E-state index contributed by atoms with van der Waals surface area (Å²) >= 11 is 5.11. The number of hydrogen-bond acceptors (Lipinski definition) is 5.